The molecule has 1 N–H and O–H groups in total. The first-order chi connectivity index (χ1) is 11.0. The average Bonchev–Trinajstić information content (AvgIpc) is 2.45. The topological polar surface area (TPSA) is 75.7 Å². The second-order valence-electron chi connectivity index (χ2n) is 7.24. The van der Waals surface area contributed by atoms with Crippen molar-refractivity contribution in [1.29, 1.82) is 0 Å². The van der Waals surface area contributed by atoms with Crippen LogP contribution in [0.1, 0.15) is 45.1 Å². The SMILES string of the molecule is CC(C)(C)OC(=O)N1CCC(c2ccc(NS(C)(=O)=O)cc2)CC1. The van der Waals surface area contributed by atoms with Gasteiger partial charge in [-0.25, -0.2) is 13.2 Å². The van der Waals surface area contributed by atoms with Gasteiger partial charge in [-0.3, -0.25) is 4.72 Å². The Kier molecular flexibility index (Phi) is 5.42. The summed E-state index contributed by atoms with van der Waals surface area (Å²) >= 11 is 0. The van der Waals surface area contributed by atoms with Crippen LogP contribution >= 0.6 is 0 Å². The number of anilines is 1. The first-order valence-electron chi connectivity index (χ1n) is 8.09. The molecule has 1 saturated heterocycles. The van der Waals surface area contributed by atoms with Gasteiger partial charge in [-0.05, 0) is 57.2 Å². The molecule has 1 heterocycles. The molecule has 134 valence electrons. The normalized spacial score (nSPS) is 16.8. The lowest BCUT2D eigenvalue weighted by molar-refractivity contribution is 0.0205. The molecule has 6 nitrogen and oxygen atoms in total. The molecule has 1 fully saturated rings. The Morgan fingerprint density at radius 3 is 2.17 bits per heavy atom. The van der Waals surface area contributed by atoms with Crippen LogP contribution in [0, 0.1) is 0 Å². The maximum Gasteiger partial charge on any atom is 0.410 e. The first kappa shape index (κ1) is 18.6. The minimum atomic E-state index is -3.25. The van der Waals surface area contributed by atoms with Crippen molar-refractivity contribution in [3.05, 3.63) is 29.8 Å². The Labute approximate surface area is 144 Å². The van der Waals surface area contributed by atoms with Crippen LogP contribution in [0.2, 0.25) is 0 Å². The van der Waals surface area contributed by atoms with Crippen LogP contribution in [0.15, 0.2) is 24.3 Å². The summed E-state index contributed by atoms with van der Waals surface area (Å²) in [5.74, 6) is 0.371. The maximum atomic E-state index is 12.1. The van der Waals surface area contributed by atoms with Gasteiger partial charge in [-0.2, -0.15) is 0 Å². The van der Waals surface area contributed by atoms with Crippen LogP contribution in [0.25, 0.3) is 0 Å². The van der Waals surface area contributed by atoms with E-state index in [0.29, 0.717) is 24.7 Å². The highest BCUT2D eigenvalue weighted by Crippen LogP contribution is 2.29. The Morgan fingerprint density at radius 1 is 1.17 bits per heavy atom. The number of likely N-dealkylation sites (tertiary alicyclic amines) is 1. The number of carbonyl (C=O) groups excluding carboxylic acids is 1. The molecule has 1 aliphatic rings. The molecule has 1 aliphatic heterocycles. The summed E-state index contributed by atoms with van der Waals surface area (Å²) in [7, 11) is -3.25. The van der Waals surface area contributed by atoms with E-state index < -0.39 is 15.6 Å². The van der Waals surface area contributed by atoms with Crippen LogP contribution in [0.5, 0.6) is 0 Å². The number of hydrogen-bond acceptors (Lipinski definition) is 4. The van der Waals surface area contributed by atoms with Gasteiger partial charge < -0.3 is 9.64 Å². The van der Waals surface area contributed by atoms with E-state index in [4.69, 9.17) is 4.74 Å². The summed E-state index contributed by atoms with van der Waals surface area (Å²) in [5, 5.41) is 0. The number of nitrogens with zero attached hydrogens (tertiary/aromatic N) is 1. The molecule has 24 heavy (non-hydrogen) atoms. The molecule has 0 unspecified atom stereocenters. The van der Waals surface area contributed by atoms with Crippen molar-refractivity contribution in [2.75, 3.05) is 24.1 Å². The molecule has 1 amide bonds. The number of rotatable bonds is 3. The number of benzene rings is 1. The molecule has 1 aromatic rings. The third kappa shape index (κ3) is 5.70. The zero-order valence-corrected chi connectivity index (χ0v) is 15.5. The monoisotopic (exact) mass is 354 g/mol. The van der Waals surface area contributed by atoms with Gasteiger partial charge in [0.25, 0.3) is 0 Å². The minimum absolute atomic E-state index is 0.256. The number of ether oxygens (including phenoxy) is 1. The summed E-state index contributed by atoms with van der Waals surface area (Å²) < 4.78 is 30.3. The van der Waals surface area contributed by atoms with Crippen LogP contribution in [0.3, 0.4) is 0 Å². The van der Waals surface area contributed by atoms with Crippen molar-refractivity contribution in [1.82, 2.24) is 4.90 Å². The molecule has 0 saturated carbocycles. The quantitative estimate of drug-likeness (QED) is 0.904. The number of sulfonamides is 1. The van der Waals surface area contributed by atoms with Crippen molar-refractivity contribution < 1.29 is 17.9 Å². The molecular weight excluding hydrogens is 328 g/mol. The summed E-state index contributed by atoms with van der Waals surface area (Å²) in [4.78, 5) is 13.8. The summed E-state index contributed by atoms with van der Waals surface area (Å²) in [5.41, 5.74) is 1.25. The molecule has 0 aliphatic carbocycles. The van der Waals surface area contributed by atoms with Crippen molar-refractivity contribution in [3.63, 3.8) is 0 Å². The second kappa shape index (κ2) is 7.01. The Balaban J connectivity index is 1.91. The number of amides is 1. The van der Waals surface area contributed by atoms with Crippen LogP contribution in [-0.4, -0.2) is 44.4 Å². The summed E-state index contributed by atoms with van der Waals surface area (Å²) in [6.07, 6.45) is 2.62. The predicted molar refractivity (Wildman–Crippen MR) is 94.7 cm³/mol. The number of carbonyl (C=O) groups is 1. The van der Waals surface area contributed by atoms with E-state index in [1.54, 1.807) is 17.0 Å². The first-order valence-corrected chi connectivity index (χ1v) is 9.98. The third-order valence-electron chi connectivity index (χ3n) is 3.83. The van der Waals surface area contributed by atoms with Crippen LogP contribution < -0.4 is 4.72 Å². The van der Waals surface area contributed by atoms with E-state index in [2.05, 4.69) is 4.72 Å². The van der Waals surface area contributed by atoms with Crippen molar-refractivity contribution >= 4 is 21.8 Å². The summed E-state index contributed by atoms with van der Waals surface area (Å²) in [6.45, 7) is 6.93. The molecular formula is C17H26N2O4S. The van der Waals surface area contributed by atoms with Gasteiger partial charge in [0.05, 0.1) is 6.26 Å². The van der Waals surface area contributed by atoms with E-state index >= 15 is 0 Å². The van der Waals surface area contributed by atoms with Gasteiger partial charge in [0.1, 0.15) is 5.60 Å². The van der Waals surface area contributed by atoms with E-state index in [0.717, 1.165) is 24.7 Å². The molecule has 7 heteroatoms. The fourth-order valence-electron chi connectivity index (χ4n) is 2.76. The number of piperidine rings is 1. The molecule has 0 radical (unpaired) electrons. The molecule has 0 atom stereocenters. The Hall–Kier alpha value is -1.76. The van der Waals surface area contributed by atoms with Crippen LogP contribution in [-0.2, 0) is 14.8 Å². The molecule has 0 bridgehead atoms. The smallest absolute Gasteiger partial charge is 0.410 e. The Morgan fingerprint density at radius 2 is 1.71 bits per heavy atom. The molecule has 2 rings (SSSR count). The fraction of sp³-hybridized carbons (Fsp3) is 0.588. The van der Waals surface area contributed by atoms with E-state index in [1.165, 1.54) is 0 Å². The Bertz CT molecular complexity index is 670. The average molecular weight is 354 g/mol. The number of nitrogens with one attached hydrogen (secondary N) is 1. The van der Waals surface area contributed by atoms with E-state index in [9.17, 15) is 13.2 Å². The van der Waals surface area contributed by atoms with Gasteiger partial charge in [-0.1, -0.05) is 12.1 Å². The lowest BCUT2D eigenvalue weighted by Crippen LogP contribution is -2.41. The van der Waals surface area contributed by atoms with Gasteiger partial charge in [0, 0.05) is 18.8 Å². The second-order valence-corrected chi connectivity index (χ2v) is 8.99. The van der Waals surface area contributed by atoms with Gasteiger partial charge >= 0.3 is 6.09 Å². The molecule has 0 aromatic heterocycles. The van der Waals surface area contributed by atoms with E-state index in [1.807, 2.05) is 32.9 Å². The zero-order valence-electron chi connectivity index (χ0n) is 14.7. The third-order valence-corrected chi connectivity index (χ3v) is 4.44. The molecule has 0 spiro atoms. The highest BCUT2D eigenvalue weighted by atomic mass is 32.2. The van der Waals surface area contributed by atoms with Crippen molar-refractivity contribution in [3.8, 4) is 0 Å². The lowest BCUT2D eigenvalue weighted by Gasteiger charge is -2.33. The highest BCUT2D eigenvalue weighted by Gasteiger charge is 2.27. The largest absolute Gasteiger partial charge is 0.444 e. The van der Waals surface area contributed by atoms with Gasteiger partial charge in [0.15, 0.2) is 0 Å². The minimum Gasteiger partial charge on any atom is -0.444 e. The zero-order chi connectivity index (χ0) is 18.0. The highest BCUT2D eigenvalue weighted by molar-refractivity contribution is 7.92. The maximum absolute atomic E-state index is 12.1. The fourth-order valence-corrected chi connectivity index (χ4v) is 3.32. The standard InChI is InChI=1S/C17H26N2O4S/c1-17(2,3)23-16(20)19-11-9-14(10-12-19)13-5-7-15(8-6-13)18-24(4,21)22/h5-8,14,18H,9-12H2,1-4H3. The van der Waals surface area contributed by atoms with Gasteiger partial charge in [-0.15, -0.1) is 0 Å². The predicted octanol–water partition coefficient (Wildman–Crippen LogP) is 3.17. The van der Waals surface area contributed by atoms with Crippen molar-refractivity contribution in [2.45, 2.75) is 45.1 Å². The summed E-state index contributed by atoms with van der Waals surface area (Å²) in [6, 6.07) is 7.44. The molecule has 1 aromatic carbocycles. The van der Waals surface area contributed by atoms with Gasteiger partial charge in [0.2, 0.25) is 10.0 Å². The van der Waals surface area contributed by atoms with Crippen molar-refractivity contribution in [2.24, 2.45) is 0 Å². The number of hydrogen-bond donors (Lipinski definition) is 1. The lowest BCUT2D eigenvalue weighted by atomic mass is 9.89. The van der Waals surface area contributed by atoms with Crippen LogP contribution in [0.4, 0.5) is 10.5 Å². The van der Waals surface area contributed by atoms with E-state index in [-0.39, 0.29) is 6.09 Å².